The zero-order chi connectivity index (χ0) is 18.5. The van der Waals surface area contributed by atoms with Crippen LogP contribution in [-0.4, -0.2) is 66.2 Å². The molecule has 0 aliphatic carbocycles. The van der Waals surface area contributed by atoms with E-state index in [2.05, 4.69) is 54.1 Å². The summed E-state index contributed by atoms with van der Waals surface area (Å²) in [6.45, 7) is 8.02. The number of halogens is 1. The lowest BCUT2D eigenvalue weighted by Crippen LogP contribution is -2.44. The van der Waals surface area contributed by atoms with Crippen molar-refractivity contribution in [2.45, 2.75) is 25.9 Å². The van der Waals surface area contributed by atoms with Crippen LogP contribution in [0.4, 0.5) is 11.8 Å². The molecule has 28 heavy (non-hydrogen) atoms. The van der Waals surface area contributed by atoms with Gasteiger partial charge in [0.1, 0.15) is 5.82 Å². The molecule has 0 bridgehead atoms. The molecule has 2 aromatic heterocycles. The molecule has 0 amide bonds. The minimum atomic E-state index is 0. The largest absolute Gasteiger partial charge is 0.354 e. The lowest BCUT2D eigenvalue weighted by Gasteiger charge is -2.33. The predicted molar refractivity (Wildman–Crippen MR) is 115 cm³/mol. The maximum Gasteiger partial charge on any atom is 0.225 e. The van der Waals surface area contributed by atoms with Gasteiger partial charge in [-0.15, -0.1) is 12.4 Å². The molecule has 0 saturated carbocycles. The van der Waals surface area contributed by atoms with Gasteiger partial charge >= 0.3 is 0 Å². The zero-order valence-electron chi connectivity index (χ0n) is 16.5. The molecule has 2 aromatic rings. The van der Waals surface area contributed by atoms with Gasteiger partial charge in [-0.1, -0.05) is 6.07 Å². The molecular weight excluding hydrogens is 374 g/mol. The lowest BCUT2D eigenvalue weighted by molar-refractivity contribution is 0.312. The van der Waals surface area contributed by atoms with Crippen LogP contribution in [0.5, 0.6) is 0 Å². The molecule has 0 aromatic carbocycles. The molecule has 2 fully saturated rings. The van der Waals surface area contributed by atoms with E-state index in [4.69, 9.17) is 0 Å². The fourth-order valence-electron chi connectivity index (χ4n) is 3.61. The summed E-state index contributed by atoms with van der Waals surface area (Å²) in [5.74, 6) is 1.94. The summed E-state index contributed by atoms with van der Waals surface area (Å²) >= 11 is 0. The normalized spacial score (nSPS) is 17.6. The van der Waals surface area contributed by atoms with E-state index in [-0.39, 0.29) is 12.4 Å². The first-order chi connectivity index (χ1) is 13.3. The first-order valence-corrected chi connectivity index (χ1v) is 9.93. The summed E-state index contributed by atoms with van der Waals surface area (Å²) in [6.07, 6.45) is 8.33. The van der Waals surface area contributed by atoms with E-state index < -0.39 is 0 Å². The Morgan fingerprint density at radius 3 is 2.07 bits per heavy atom. The Labute approximate surface area is 173 Å². The maximum absolute atomic E-state index is 4.65. The summed E-state index contributed by atoms with van der Waals surface area (Å²) in [6, 6.07) is 4.30. The number of hydrogen-bond donors (Lipinski definition) is 1. The second-order valence-corrected chi connectivity index (χ2v) is 7.50. The second-order valence-electron chi connectivity index (χ2n) is 7.50. The van der Waals surface area contributed by atoms with Gasteiger partial charge in [0.05, 0.1) is 0 Å². The molecule has 2 aliphatic heterocycles. The van der Waals surface area contributed by atoms with Gasteiger partial charge in [-0.05, 0) is 31.5 Å². The molecule has 0 spiro atoms. The van der Waals surface area contributed by atoms with Gasteiger partial charge in [-0.25, -0.2) is 15.0 Å². The van der Waals surface area contributed by atoms with E-state index in [1.165, 1.54) is 18.4 Å². The van der Waals surface area contributed by atoms with Crippen LogP contribution in [0.25, 0.3) is 0 Å². The van der Waals surface area contributed by atoms with Crippen LogP contribution >= 0.6 is 12.4 Å². The van der Waals surface area contributed by atoms with Gasteiger partial charge in [-0.2, -0.15) is 0 Å². The highest BCUT2D eigenvalue weighted by Crippen LogP contribution is 2.15. The van der Waals surface area contributed by atoms with Crippen molar-refractivity contribution in [3.05, 3.63) is 41.9 Å². The van der Waals surface area contributed by atoms with Gasteiger partial charge in [0.2, 0.25) is 5.95 Å². The summed E-state index contributed by atoms with van der Waals surface area (Å²) in [4.78, 5) is 20.6. The summed E-state index contributed by atoms with van der Waals surface area (Å²) in [5.41, 5.74) is 2.31. The molecule has 2 saturated heterocycles. The highest BCUT2D eigenvalue weighted by Gasteiger charge is 2.15. The molecule has 2 aliphatic rings. The van der Waals surface area contributed by atoms with Crippen LogP contribution in [0.3, 0.4) is 0 Å². The van der Waals surface area contributed by atoms with Crippen LogP contribution in [0.1, 0.15) is 24.0 Å². The van der Waals surface area contributed by atoms with E-state index in [1.54, 1.807) is 0 Å². The van der Waals surface area contributed by atoms with E-state index in [9.17, 15) is 0 Å². The Morgan fingerprint density at radius 2 is 1.43 bits per heavy atom. The topological polar surface area (TPSA) is 60.4 Å². The first kappa shape index (κ1) is 20.8. The zero-order valence-corrected chi connectivity index (χ0v) is 17.4. The van der Waals surface area contributed by atoms with Crippen molar-refractivity contribution >= 4 is 24.2 Å². The van der Waals surface area contributed by atoms with Crippen LogP contribution in [0, 0.1) is 0 Å². The molecular formula is C20H30ClN7. The molecule has 1 N–H and O–H groups in total. The number of rotatable bonds is 6. The third kappa shape index (κ3) is 5.31. The third-order valence-corrected chi connectivity index (χ3v) is 5.38. The maximum atomic E-state index is 4.65. The molecule has 8 heteroatoms. The number of piperazine rings is 1. The molecule has 4 rings (SSSR count). The van der Waals surface area contributed by atoms with Crippen molar-refractivity contribution in [1.29, 1.82) is 0 Å². The van der Waals surface area contributed by atoms with Crippen LogP contribution < -0.4 is 15.1 Å². The lowest BCUT2D eigenvalue weighted by atomic mass is 10.2. The van der Waals surface area contributed by atoms with Gasteiger partial charge in [0, 0.05) is 76.5 Å². The van der Waals surface area contributed by atoms with Gasteiger partial charge in [-0.3, -0.25) is 0 Å². The average Bonchev–Trinajstić information content (AvgIpc) is 3.25. The van der Waals surface area contributed by atoms with E-state index >= 15 is 0 Å². The Kier molecular flexibility index (Phi) is 7.42. The summed E-state index contributed by atoms with van der Waals surface area (Å²) in [5, 5.41) is 3.46. The van der Waals surface area contributed by atoms with Gasteiger partial charge in [0.25, 0.3) is 0 Å². The van der Waals surface area contributed by atoms with Crippen molar-refractivity contribution in [2.24, 2.45) is 0 Å². The highest BCUT2D eigenvalue weighted by molar-refractivity contribution is 5.85. The number of likely N-dealkylation sites (N-methyl/N-ethyl adjacent to an activating group) is 1. The molecule has 7 nitrogen and oxygen atoms in total. The van der Waals surface area contributed by atoms with Gasteiger partial charge in [0.15, 0.2) is 0 Å². The van der Waals surface area contributed by atoms with Gasteiger partial charge < -0.3 is 20.0 Å². The van der Waals surface area contributed by atoms with Crippen LogP contribution in [-0.2, 0) is 13.1 Å². The molecule has 0 atom stereocenters. The van der Waals surface area contributed by atoms with Crippen molar-refractivity contribution in [1.82, 2.24) is 25.2 Å². The summed E-state index contributed by atoms with van der Waals surface area (Å²) < 4.78 is 0. The second kappa shape index (κ2) is 10.0. The quantitative estimate of drug-likeness (QED) is 0.790. The smallest absolute Gasteiger partial charge is 0.225 e. The van der Waals surface area contributed by atoms with Crippen LogP contribution in [0.15, 0.2) is 30.7 Å². The van der Waals surface area contributed by atoms with E-state index in [0.29, 0.717) is 0 Å². The van der Waals surface area contributed by atoms with Crippen molar-refractivity contribution < 1.29 is 0 Å². The number of aromatic nitrogens is 3. The average molecular weight is 404 g/mol. The SMILES string of the molecule is CN1CCN(c2ccc(CNCc3cnc(N4CCCC4)nc3)cn2)CC1.Cl. The van der Waals surface area contributed by atoms with Crippen LogP contribution in [0.2, 0.25) is 0 Å². The predicted octanol–water partition coefficient (Wildman–Crippen LogP) is 1.94. The molecule has 0 unspecified atom stereocenters. The minimum absolute atomic E-state index is 0. The van der Waals surface area contributed by atoms with Crippen molar-refractivity contribution in [2.75, 3.05) is 56.1 Å². The highest BCUT2D eigenvalue weighted by atomic mass is 35.5. The number of hydrogen-bond acceptors (Lipinski definition) is 7. The number of pyridine rings is 1. The Hall–Kier alpha value is -1.96. The van der Waals surface area contributed by atoms with Crippen molar-refractivity contribution in [3.8, 4) is 0 Å². The first-order valence-electron chi connectivity index (χ1n) is 9.93. The molecule has 4 heterocycles. The summed E-state index contributed by atoms with van der Waals surface area (Å²) in [7, 11) is 2.17. The fraction of sp³-hybridized carbons (Fsp3) is 0.550. The van der Waals surface area contributed by atoms with E-state index in [0.717, 1.165) is 69.7 Å². The molecule has 0 radical (unpaired) electrons. The monoisotopic (exact) mass is 403 g/mol. The third-order valence-electron chi connectivity index (χ3n) is 5.38. The Morgan fingerprint density at radius 1 is 0.786 bits per heavy atom. The number of anilines is 2. The van der Waals surface area contributed by atoms with E-state index in [1.807, 2.05) is 18.6 Å². The standard InChI is InChI=1S/C20H29N7.ClH/c1-25-8-10-26(11-9-25)19-5-4-17(14-22-19)12-21-13-18-15-23-20(24-16-18)27-6-2-3-7-27;/h4-5,14-16,21H,2-3,6-13H2,1H3;1H. The minimum Gasteiger partial charge on any atom is -0.354 e. The fourth-order valence-corrected chi connectivity index (χ4v) is 3.61. The molecule has 152 valence electrons. The van der Waals surface area contributed by atoms with Crippen molar-refractivity contribution in [3.63, 3.8) is 0 Å². The number of nitrogens with zero attached hydrogens (tertiary/aromatic N) is 6. The Balaban J connectivity index is 0.00000225. The Bertz CT molecular complexity index is 708. The number of nitrogens with one attached hydrogen (secondary N) is 1.